The summed E-state index contributed by atoms with van der Waals surface area (Å²) in [7, 11) is 0. The highest BCUT2D eigenvalue weighted by Crippen LogP contribution is 2.41. The van der Waals surface area contributed by atoms with Gasteiger partial charge in [-0.2, -0.15) is 5.26 Å². The van der Waals surface area contributed by atoms with Crippen molar-refractivity contribution < 1.29 is 19.1 Å². The van der Waals surface area contributed by atoms with Crippen molar-refractivity contribution in [3.8, 4) is 6.07 Å². The quantitative estimate of drug-likeness (QED) is 0.490. The Morgan fingerprint density at radius 3 is 2.33 bits per heavy atom. The molecular formula is C27H23FN2O3. The van der Waals surface area contributed by atoms with Crippen molar-refractivity contribution in [2.75, 3.05) is 11.9 Å². The number of rotatable bonds is 8. The second kappa shape index (κ2) is 9.25. The predicted octanol–water partition coefficient (Wildman–Crippen LogP) is 4.79. The van der Waals surface area contributed by atoms with Gasteiger partial charge < -0.3 is 10.4 Å². The van der Waals surface area contributed by atoms with Crippen molar-refractivity contribution in [3.05, 3.63) is 100 Å². The zero-order chi connectivity index (χ0) is 23.4. The summed E-state index contributed by atoms with van der Waals surface area (Å²) in [5.41, 5.74) is 2.48. The van der Waals surface area contributed by atoms with Crippen LogP contribution in [0.15, 0.2) is 66.7 Å². The Morgan fingerprint density at radius 1 is 1.03 bits per heavy atom. The molecule has 3 aromatic carbocycles. The molecule has 0 amide bonds. The van der Waals surface area contributed by atoms with Crippen LogP contribution in [0.3, 0.4) is 0 Å². The zero-order valence-corrected chi connectivity index (χ0v) is 18.0. The van der Waals surface area contributed by atoms with Crippen molar-refractivity contribution in [2.24, 2.45) is 5.41 Å². The number of carboxylic acid groups (broad SMARTS) is 1. The first kappa shape index (κ1) is 22.2. The van der Waals surface area contributed by atoms with Crippen LogP contribution in [-0.2, 0) is 24.1 Å². The van der Waals surface area contributed by atoms with Gasteiger partial charge in [-0.1, -0.05) is 42.5 Å². The Balaban J connectivity index is 1.50. The molecule has 1 aliphatic rings. The van der Waals surface area contributed by atoms with Crippen molar-refractivity contribution in [3.63, 3.8) is 0 Å². The SMILES string of the molecule is N#Cc1ccc(C(=O)CC2(C(=O)O)Cc3ccccc3C2)cc1NCCc1ccccc1F. The zero-order valence-electron chi connectivity index (χ0n) is 18.0. The molecule has 33 heavy (non-hydrogen) atoms. The van der Waals surface area contributed by atoms with Crippen molar-refractivity contribution >= 4 is 17.4 Å². The van der Waals surface area contributed by atoms with Crippen LogP contribution in [0, 0.1) is 22.6 Å². The number of aliphatic carboxylic acids is 1. The van der Waals surface area contributed by atoms with E-state index in [0.29, 0.717) is 48.2 Å². The molecule has 2 N–H and O–H groups in total. The number of hydrogen-bond acceptors (Lipinski definition) is 4. The van der Waals surface area contributed by atoms with E-state index in [1.165, 1.54) is 6.07 Å². The number of hydrogen-bond donors (Lipinski definition) is 2. The number of Topliss-reactive ketones (excluding diaryl/α,β-unsaturated/α-hetero) is 1. The van der Waals surface area contributed by atoms with Gasteiger partial charge in [0.1, 0.15) is 11.9 Å². The molecule has 1 aliphatic carbocycles. The summed E-state index contributed by atoms with van der Waals surface area (Å²) < 4.78 is 13.9. The van der Waals surface area contributed by atoms with Gasteiger partial charge in [0.15, 0.2) is 5.78 Å². The highest BCUT2D eigenvalue weighted by atomic mass is 19.1. The minimum Gasteiger partial charge on any atom is -0.481 e. The van der Waals surface area contributed by atoms with E-state index in [2.05, 4.69) is 11.4 Å². The summed E-state index contributed by atoms with van der Waals surface area (Å²) in [6.07, 6.45) is 0.913. The van der Waals surface area contributed by atoms with E-state index in [1.807, 2.05) is 24.3 Å². The number of carbonyl (C=O) groups excluding carboxylic acids is 1. The van der Waals surface area contributed by atoms with E-state index in [-0.39, 0.29) is 18.0 Å². The molecule has 0 saturated carbocycles. The van der Waals surface area contributed by atoms with Gasteiger partial charge in [0.2, 0.25) is 0 Å². The third-order valence-corrected chi connectivity index (χ3v) is 6.26. The monoisotopic (exact) mass is 442 g/mol. The largest absolute Gasteiger partial charge is 0.481 e. The molecule has 6 heteroatoms. The summed E-state index contributed by atoms with van der Waals surface area (Å²) in [5, 5.41) is 22.5. The number of benzene rings is 3. The Bertz CT molecular complexity index is 1240. The Kier molecular flexibility index (Phi) is 6.23. The number of ketones is 1. The maximum atomic E-state index is 13.9. The standard InChI is InChI=1S/C27H23FN2O3/c28-23-8-4-3-5-18(23)11-12-30-24-13-19(9-10-22(24)17-29)25(31)16-27(26(32)33)14-20-6-1-2-7-21(20)15-27/h1-10,13,30H,11-12,14-16H2,(H,32,33). The Morgan fingerprint density at radius 2 is 1.70 bits per heavy atom. The van der Waals surface area contributed by atoms with Gasteiger partial charge in [0, 0.05) is 18.5 Å². The van der Waals surface area contributed by atoms with Crippen LogP contribution < -0.4 is 5.32 Å². The van der Waals surface area contributed by atoms with E-state index < -0.39 is 11.4 Å². The third kappa shape index (κ3) is 4.63. The molecule has 0 atom stereocenters. The number of anilines is 1. The van der Waals surface area contributed by atoms with Gasteiger partial charge in [0.25, 0.3) is 0 Å². The summed E-state index contributed by atoms with van der Waals surface area (Å²) in [4.78, 5) is 25.3. The van der Waals surface area contributed by atoms with E-state index >= 15 is 0 Å². The summed E-state index contributed by atoms with van der Waals surface area (Å²) in [6, 6.07) is 20.8. The molecule has 0 bridgehead atoms. The predicted molar refractivity (Wildman–Crippen MR) is 123 cm³/mol. The molecule has 0 heterocycles. The number of carbonyl (C=O) groups is 2. The van der Waals surface area contributed by atoms with Crippen LogP contribution in [-0.4, -0.2) is 23.4 Å². The second-order valence-corrected chi connectivity index (χ2v) is 8.45. The second-order valence-electron chi connectivity index (χ2n) is 8.45. The summed E-state index contributed by atoms with van der Waals surface area (Å²) >= 11 is 0. The average molecular weight is 442 g/mol. The molecule has 0 saturated heterocycles. The number of carboxylic acids is 1. The molecule has 5 nitrogen and oxygen atoms in total. The van der Waals surface area contributed by atoms with Gasteiger partial charge >= 0.3 is 5.97 Å². The summed E-state index contributed by atoms with van der Waals surface area (Å²) in [5.74, 6) is -1.56. The maximum absolute atomic E-state index is 13.9. The van der Waals surface area contributed by atoms with Crippen LogP contribution in [0.1, 0.15) is 39.0 Å². The molecule has 0 aliphatic heterocycles. The normalized spacial score (nSPS) is 13.7. The number of halogens is 1. The lowest BCUT2D eigenvalue weighted by Gasteiger charge is -2.23. The van der Waals surface area contributed by atoms with Crippen molar-refractivity contribution in [1.29, 1.82) is 5.26 Å². The summed E-state index contributed by atoms with van der Waals surface area (Å²) in [6.45, 7) is 0.377. The topological polar surface area (TPSA) is 90.2 Å². The first-order chi connectivity index (χ1) is 15.9. The number of fused-ring (bicyclic) bond motifs is 1. The Labute approximate surface area is 191 Å². The minimum absolute atomic E-state index is 0.127. The fourth-order valence-corrected chi connectivity index (χ4v) is 4.45. The first-order valence-electron chi connectivity index (χ1n) is 10.8. The van der Waals surface area contributed by atoms with Gasteiger partial charge in [-0.3, -0.25) is 9.59 Å². The molecule has 4 rings (SSSR count). The third-order valence-electron chi connectivity index (χ3n) is 6.26. The molecule has 0 aromatic heterocycles. The van der Waals surface area contributed by atoms with E-state index in [0.717, 1.165) is 11.1 Å². The number of nitriles is 1. The van der Waals surface area contributed by atoms with Crippen LogP contribution >= 0.6 is 0 Å². The molecule has 0 unspecified atom stereocenters. The van der Waals surface area contributed by atoms with E-state index in [4.69, 9.17) is 0 Å². The highest BCUT2D eigenvalue weighted by Gasteiger charge is 2.45. The fraction of sp³-hybridized carbons (Fsp3) is 0.222. The lowest BCUT2D eigenvalue weighted by Crippen LogP contribution is -2.34. The minimum atomic E-state index is -1.17. The number of nitrogens with one attached hydrogen (secondary N) is 1. The fourth-order valence-electron chi connectivity index (χ4n) is 4.45. The Hall–Kier alpha value is -3.98. The molecule has 166 valence electrons. The smallest absolute Gasteiger partial charge is 0.310 e. The van der Waals surface area contributed by atoms with Gasteiger partial charge in [-0.05, 0) is 60.2 Å². The average Bonchev–Trinajstić information content (AvgIpc) is 3.19. The van der Waals surface area contributed by atoms with E-state index in [9.17, 15) is 24.3 Å². The lowest BCUT2D eigenvalue weighted by molar-refractivity contribution is -0.148. The number of nitrogens with zero attached hydrogens (tertiary/aromatic N) is 1. The van der Waals surface area contributed by atoms with E-state index in [1.54, 1.807) is 36.4 Å². The first-order valence-corrected chi connectivity index (χ1v) is 10.8. The maximum Gasteiger partial charge on any atom is 0.310 e. The van der Waals surface area contributed by atoms with Crippen LogP contribution in [0.5, 0.6) is 0 Å². The van der Waals surface area contributed by atoms with Crippen LogP contribution in [0.25, 0.3) is 0 Å². The molecule has 3 aromatic rings. The van der Waals surface area contributed by atoms with Gasteiger partial charge in [0.05, 0.1) is 16.7 Å². The van der Waals surface area contributed by atoms with Crippen molar-refractivity contribution in [2.45, 2.75) is 25.7 Å². The van der Waals surface area contributed by atoms with Crippen LogP contribution in [0.4, 0.5) is 10.1 Å². The molecule has 0 spiro atoms. The van der Waals surface area contributed by atoms with Crippen molar-refractivity contribution in [1.82, 2.24) is 0 Å². The van der Waals surface area contributed by atoms with Gasteiger partial charge in [-0.15, -0.1) is 0 Å². The highest BCUT2D eigenvalue weighted by molar-refractivity contribution is 6.00. The van der Waals surface area contributed by atoms with Gasteiger partial charge in [-0.25, -0.2) is 4.39 Å². The molecular weight excluding hydrogens is 419 g/mol. The van der Waals surface area contributed by atoms with Crippen LogP contribution in [0.2, 0.25) is 0 Å². The molecule has 0 radical (unpaired) electrons. The molecule has 0 fully saturated rings. The lowest BCUT2D eigenvalue weighted by atomic mass is 9.78.